The molecule has 0 unspecified atom stereocenters. The molecule has 6 nitrogen and oxygen atoms in total. The summed E-state index contributed by atoms with van der Waals surface area (Å²) in [5.41, 5.74) is 2.03. The molecule has 0 aliphatic heterocycles. The average molecular weight is 468 g/mol. The van der Waals surface area contributed by atoms with Gasteiger partial charge < -0.3 is 19.5 Å². The molecule has 0 bridgehead atoms. The Morgan fingerprint density at radius 2 is 1.82 bits per heavy atom. The van der Waals surface area contributed by atoms with Crippen LogP contribution in [0.2, 0.25) is 5.02 Å². The van der Waals surface area contributed by atoms with E-state index in [1.165, 1.54) is 12.4 Å². The van der Waals surface area contributed by atoms with E-state index >= 15 is 0 Å². The van der Waals surface area contributed by atoms with Crippen molar-refractivity contribution in [3.8, 4) is 11.5 Å². The number of nitrogens with zero attached hydrogens (tertiary/aromatic N) is 2. The Bertz CT molecular complexity index is 1220. The zero-order valence-electron chi connectivity index (χ0n) is 18.1. The van der Waals surface area contributed by atoms with Crippen LogP contribution in [-0.2, 0) is 11.3 Å². The average Bonchev–Trinajstić information content (AvgIpc) is 2.83. The highest BCUT2D eigenvalue weighted by molar-refractivity contribution is 6.30. The van der Waals surface area contributed by atoms with Crippen molar-refractivity contribution in [1.29, 1.82) is 0 Å². The molecule has 0 saturated heterocycles. The standard InChI is InChI=1S/C25H23ClFN3O3/c1-31-23-13-19-22(28-16-29-25(19)30-21-9-8-18(26)12-20(21)27)14-24(23)33-11-5-10-32-15-17-6-3-2-4-7-17/h2-4,6-9,12-14,16H,5,10-11,15H2,1H3,(H,28,29,30). The Hall–Kier alpha value is -3.42. The summed E-state index contributed by atoms with van der Waals surface area (Å²) in [6.07, 6.45) is 2.13. The van der Waals surface area contributed by atoms with E-state index in [4.69, 9.17) is 25.8 Å². The lowest BCUT2D eigenvalue weighted by molar-refractivity contribution is 0.107. The predicted molar refractivity (Wildman–Crippen MR) is 127 cm³/mol. The van der Waals surface area contributed by atoms with Gasteiger partial charge in [-0.1, -0.05) is 41.9 Å². The molecule has 0 aliphatic rings. The quantitative estimate of drug-likeness (QED) is 0.282. The molecule has 4 rings (SSSR count). The van der Waals surface area contributed by atoms with Gasteiger partial charge in [0.15, 0.2) is 11.5 Å². The SMILES string of the molecule is COc1cc2c(Nc3ccc(Cl)cc3F)ncnc2cc1OCCCOCc1ccccc1. The van der Waals surface area contributed by atoms with Crippen LogP contribution in [0, 0.1) is 5.82 Å². The van der Waals surface area contributed by atoms with E-state index in [-0.39, 0.29) is 5.69 Å². The van der Waals surface area contributed by atoms with Crippen LogP contribution >= 0.6 is 11.6 Å². The lowest BCUT2D eigenvalue weighted by Crippen LogP contribution is -2.05. The maximum absolute atomic E-state index is 14.2. The Kier molecular flexibility index (Phi) is 7.55. The van der Waals surface area contributed by atoms with E-state index in [1.54, 1.807) is 31.4 Å². The van der Waals surface area contributed by atoms with E-state index in [9.17, 15) is 4.39 Å². The Labute approximate surface area is 196 Å². The number of benzene rings is 3. The van der Waals surface area contributed by atoms with Crippen LogP contribution in [0.4, 0.5) is 15.9 Å². The van der Waals surface area contributed by atoms with Gasteiger partial charge in [-0.15, -0.1) is 0 Å². The van der Waals surface area contributed by atoms with Gasteiger partial charge in [0.2, 0.25) is 0 Å². The van der Waals surface area contributed by atoms with Gasteiger partial charge >= 0.3 is 0 Å². The van der Waals surface area contributed by atoms with Gasteiger partial charge in [-0.2, -0.15) is 0 Å². The lowest BCUT2D eigenvalue weighted by Gasteiger charge is -2.14. The first kappa shape index (κ1) is 22.8. The number of fused-ring (bicyclic) bond motifs is 1. The van der Waals surface area contributed by atoms with Crippen LogP contribution < -0.4 is 14.8 Å². The summed E-state index contributed by atoms with van der Waals surface area (Å²) >= 11 is 5.84. The molecular formula is C25H23ClFN3O3. The highest BCUT2D eigenvalue weighted by atomic mass is 35.5. The van der Waals surface area contributed by atoms with Crippen molar-refractivity contribution in [3.05, 3.63) is 83.4 Å². The molecule has 0 fully saturated rings. The van der Waals surface area contributed by atoms with Gasteiger partial charge in [-0.3, -0.25) is 0 Å². The van der Waals surface area contributed by atoms with Crippen LogP contribution in [0.5, 0.6) is 11.5 Å². The summed E-state index contributed by atoms with van der Waals surface area (Å²) in [4.78, 5) is 8.58. The van der Waals surface area contributed by atoms with Crippen LogP contribution in [0.15, 0.2) is 67.0 Å². The first-order chi connectivity index (χ1) is 16.1. The van der Waals surface area contributed by atoms with E-state index in [0.29, 0.717) is 53.1 Å². The fourth-order valence-electron chi connectivity index (χ4n) is 3.26. The number of halogens is 2. The van der Waals surface area contributed by atoms with E-state index in [2.05, 4.69) is 15.3 Å². The fraction of sp³-hybridized carbons (Fsp3) is 0.200. The third-order valence-electron chi connectivity index (χ3n) is 4.91. The number of anilines is 2. The second-order valence-electron chi connectivity index (χ2n) is 7.23. The van der Waals surface area contributed by atoms with Gasteiger partial charge in [0, 0.05) is 22.9 Å². The molecule has 0 radical (unpaired) electrons. The molecule has 0 atom stereocenters. The largest absolute Gasteiger partial charge is 0.493 e. The van der Waals surface area contributed by atoms with Crippen molar-refractivity contribution in [2.45, 2.75) is 13.0 Å². The number of methoxy groups -OCH3 is 1. The maximum atomic E-state index is 14.2. The number of hydrogen-bond donors (Lipinski definition) is 1. The Balaban J connectivity index is 1.41. The zero-order valence-corrected chi connectivity index (χ0v) is 18.8. The Morgan fingerprint density at radius 3 is 2.61 bits per heavy atom. The molecule has 1 heterocycles. The number of aromatic nitrogens is 2. The van der Waals surface area contributed by atoms with Gasteiger partial charge in [0.1, 0.15) is 18.0 Å². The first-order valence-electron chi connectivity index (χ1n) is 10.4. The molecule has 3 aromatic carbocycles. The summed E-state index contributed by atoms with van der Waals surface area (Å²) in [5.74, 6) is 1.06. The fourth-order valence-corrected chi connectivity index (χ4v) is 3.42. The highest BCUT2D eigenvalue weighted by Crippen LogP contribution is 2.35. The molecule has 0 spiro atoms. The summed E-state index contributed by atoms with van der Waals surface area (Å²) in [6, 6.07) is 18.0. The second-order valence-corrected chi connectivity index (χ2v) is 7.67. The summed E-state index contributed by atoms with van der Waals surface area (Å²) < 4.78 is 31.3. The molecule has 4 aromatic rings. The molecule has 1 aromatic heterocycles. The lowest BCUT2D eigenvalue weighted by atomic mass is 10.2. The number of nitrogens with one attached hydrogen (secondary N) is 1. The summed E-state index contributed by atoms with van der Waals surface area (Å²) in [5, 5.41) is 3.98. The van der Waals surface area contributed by atoms with Crippen molar-refractivity contribution < 1.29 is 18.6 Å². The number of rotatable bonds is 10. The molecule has 1 N–H and O–H groups in total. The van der Waals surface area contributed by atoms with Crippen molar-refractivity contribution in [2.24, 2.45) is 0 Å². The van der Waals surface area contributed by atoms with E-state index in [0.717, 1.165) is 12.0 Å². The van der Waals surface area contributed by atoms with Crippen LogP contribution in [0.1, 0.15) is 12.0 Å². The summed E-state index contributed by atoms with van der Waals surface area (Å²) in [6.45, 7) is 1.61. The molecule has 33 heavy (non-hydrogen) atoms. The molecule has 170 valence electrons. The zero-order chi connectivity index (χ0) is 23.0. The van der Waals surface area contributed by atoms with Crippen LogP contribution in [0.3, 0.4) is 0 Å². The molecule has 0 aliphatic carbocycles. The normalized spacial score (nSPS) is 10.9. The van der Waals surface area contributed by atoms with Gasteiger partial charge in [0.05, 0.1) is 38.1 Å². The molecule has 0 amide bonds. The van der Waals surface area contributed by atoms with Gasteiger partial charge in [-0.25, -0.2) is 14.4 Å². The molecule has 8 heteroatoms. The second kappa shape index (κ2) is 10.9. The van der Waals surface area contributed by atoms with E-state index in [1.807, 2.05) is 30.3 Å². The Morgan fingerprint density at radius 1 is 0.970 bits per heavy atom. The third kappa shape index (κ3) is 5.88. The minimum Gasteiger partial charge on any atom is -0.493 e. The van der Waals surface area contributed by atoms with Gasteiger partial charge in [-0.05, 0) is 29.8 Å². The minimum absolute atomic E-state index is 0.259. The molecular weight excluding hydrogens is 445 g/mol. The smallest absolute Gasteiger partial charge is 0.163 e. The molecule has 0 saturated carbocycles. The number of hydrogen-bond acceptors (Lipinski definition) is 6. The third-order valence-corrected chi connectivity index (χ3v) is 5.14. The number of ether oxygens (including phenoxy) is 3. The van der Waals surface area contributed by atoms with Crippen molar-refractivity contribution in [1.82, 2.24) is 9.97 Å². The first-order valence-corrected chi connectivity index (χ1v) is 10.8. The van der Waals surface area contributed by atoms with Crippen molar-refractivity contribution >= 4 is 34.0 Å². The highest BCUT2D eigenvalue weighted by Gasteiger charge is 2.13. The van der Waals surface area contributed by atoms with Crippen molar-refractivity contribution in [3.63, 3.8) is 0 Å². The predicted octanol–water partition coefficient (Wildman–Crippen LogP) is 6.16. The summed E-state index contributed by atoms with van der Waals surface area (Å²) in [7, 11) is 1.56. The van der Waals surface area contributed by atoms with E-state index < -0.39 is 5.82 Å². The van der Waals surface area contributed by atoms with Gasteiger partial charge in [0.25, 0.3) is 0 Å². The van der Waals surface area contributed by atoms with Crippen molar-refractivity contribution in [2.75, 3.05) is 25.6 Å². The maximum Gasteiger partial charge on any atom is 0.163 e. The minimum atomic E-state index is -0.476. The van der Waals surface area contributed by atoms with Crippen LogP contribution in [0.25, 0.3) is 10.9 Å². The monoisotopic (exact) mass is 467 g/mol. The topological polar surface area (TPSA) is 65.5 Å². The van der Waals surface area contributed by atoms with Crippen LogP contribution in [-0.4, -0.2) is 30.3 Å².